The second kappa shape index (κ2) is 8.83. The van der Waals surface area contributed by atoms with Crippen LogP contribution in [0.15, 0.2) is 36.8 Å². The molecule has 9 nitrogen and oxygen atoms in total. The fourth-order valence-electron chi connectivity index (χ4n) is 3.68. The van der Waals surface area contributed by atoms with Crippen molar-refractivity contribution in [2.45, 2.75) is 37.8 Å². The summed E-state index contributed by atoms with van der Waals surface area (Å²) < 4.78 is 25.5. The van der Waals surface area contributed by atoms with Crippen molar-refractivity contribution in [1.29, 1.82) is 0 Å². The van der Waals surface area contributed by atoms with E-state index in [-0.39, 0.29) is 12.1 Å². The first kappa shape index (κ1) is 21.0. The summed E-state index contributed by atoms with van der Waals surface area (Å²) in [6.45, 7) is 0. The summed E-state index contributed by atoms with van der Waals surface area (Å²) in [6, 6.07) is 7.64. The average Bonchev–Trinajstić information content (AvgIpc) is 2.75. The van der Waals surface area contributed by atoms with Gasteiger partial charge >= 0.3 is 0 Å². The van der Waals surface area contributed by atoms with E-state index in [1.165, 1.54) is 12.6 Å². The highest BCUT2D eigenvalue weighted by Crippen LogP contribution is 2.25. The van der Waals surface area contributed by atoms with Crippen molar-refractivity contribution >= 4 is 38.5 Å². The number of hydrogen-bond acceptors (Lipinski definition) is 8. The van der Waals surface area contributed by atoms with E-state index >= 15 is 0 Å². The van der Waals surface area contributed by atoms with Gasteiger partial charge in [-0.25, -0.2) is 33.1 Å². The van der Waals surface area contributed by atoms with E-state index in [2.05, 4.69) is 41.2 Å². The van der Waals surface area contributed by atoms with E-state index in [1.807, 2.05) is 24.3 Å². The minimum atomic E-state index is -3.19. The minimum Gasteiger partial charge on any atom is -0.351 e. The van der Waals surface area contributed by atoms with Gasteiger partial charge in [-0.05, 0) is 43.9 Å². The summed E-state index contributed by atoms with van der Waals surface area (Å²) in [7, 11) is -3.19. The third-order valence-electron chi connectivity index (χ3n) is 5.11. The molecule has 2 heterocycles. The molecular weight excluding hydrogens is 414 g/mol. The molecule has 3 N–H and O–H groups in total. The molecule has 1 aliphatic carbocycles. The predicted octanol–water partition coefficient (Wildman–Crippen LogP) is 2.42. The fourth-order valence-corrected chi connectivity index (χ4v) is 4.52. The van der Waals surface area contributed by atoms with E-state index in [0.717, 1.165) is 36.9 Å². The van der Waals surface area contributed by atoms with Crippen molar-refractivity contribution in [3.8, 4) is 12.3 Å². The normalized spacial score (nSPS) is 19.0. The molecule has 0 aliphatic heterocycles. The lowest BCUT2D eigenvalue weighted by molar-refractivity contribution is 0.387. The smallest absolute Gasteiger partial charge is 0.223 e. The van der Waals surface area contributed by atoms with Gasteiger partial charge in [0.2, 0.25) is 16.0 Å². The molecule has 1 aromatic carbocycles. The molecule has 0 radical (unpaired) electrons. The van der Waals surface area contributed by atoms with Gasteiger partial charge in [-0.1, -0.05) is 12.0 Å². The Morgan fingerprint density at radius 1 is 1.10 bits per heavy atom. The minimum absolute atomic E-state index is 0.0199. The number of anilines is 3. The number of terminal acetylenes is 1. The fraction of sp³-hybridized carbons (Fsp3) is 0.333. The molecule has 0 atom stereocenters. The lowest BCUT2D eigenvalue weighted by Crippen LogP contribution is -2.39. The Morgan fingerprint density at radius 2 is 1.87 bits per heavy atom. The largest absolute Gasteiger partial charge is 0.351 e. The van der Waals surface area contributed by atoms with Crippen molar-refractivity contribution in [2.24, 2.45) is 0 Å². The SMILES string of the molecule is C#Cc1cccc(Nc2ncnc3cnc(N[C@H]4CC[C@H](NS(C)(=O)=O)CC4)nc23)c1. The first-order valence-electron chi connectivity index (χ1n) is 9.95. The summed E-state index contributed by atoms with van der Waals surface area (Å²) in [5, 5.41) is 6.61. The zero-order valence-electron chi connectivity index (χ0n) is 17.0. The zero-order valence-corrected chi connectivity index (χ0v) is 17.9. The predicted molar refractivity (Wildman–Crippen MR) is 120 cm³/mol. The van der Waals surface area contributed by atoms with Crippen LogP contribution in [-0.4, -0.2) is 46.7 Å². The van der Waals surface area contributed by atoms with Gasteiger partial charge in [-0.3, -0.25) is 0 Å². The third-order valence-corrected chi connectivity index (χ3v) is 5.87. The standard InChI is InChI=1S/C21H23N7O2S/c1-3-14-5-4-6-17(11-14)25-20-19-18(23-13-24-20)12-22-21(27-19)26-15-7-9-16(10-8-15)28-31(2,29)30/h1,4-6,11-13,15-16,28H,7-10H2,2H3,(H,22,26,27)(H,23,24,25)/t15-,16-. The molecule has 4 rings (SSSR count). The molecule has 10 heteroatoms. The number of rotatable bonds is 6. The van der Waals surface area contributed by atoms with E-state index in [0.29, 0.717) is 22.8 Å². The van der Waals surface area contributed by atoms with Crippen LogP contribution in [0.1, 0.15) is 31.2 Å². The Balaban J connectivity index is 1.49. The quantitative estimate of drug-likeness (QED) is 0.503. The molecule has 0 unspecified atom stereocenters. The second-order valence-corrected chi connectivity index (χ2v) is 9.36. The first-order chi connectivity index (χ1) is 14.9. The van der Waals surface area contributed by atoms with Crippen LogP contribution in [0, 0.1) is 12.3 Å². The molecule has 1 saturated carbocycles. The summed E-state index contributed by atoms with van der Waals surface area (Å²) in [5.41, 5.74) is 2.79. The molecule has 0 bridgehead atoms. The number of aromatic nitrogens is 4. The van der Waals surface area contributed by atoms with Gasteiger partial charge in [-0.15, -0.1) is 6.42 Å². The van der Waals surface area contributed by atoms with Gasteiger partial charge in [-0.2, -0.15) is 0 Å². The van der Waals surface area contributed by atoms with Crippen LogP contribution < -0.4 is 15.4 Å². The average molecular weight is 438 g/mol. The van der Waals surface area contributed by atoms with Gasteiger partial charge in [0.05, 0.1) is 12.5 Å². The van der Waals surface area contributed by atoms with Crippen LogP contribution in [0.25, 0.3) is 11.0 Å². The number of benzene rings is 1. The van der Waals surface area contributed by atoms with Gasteiger partial charge < -0.3 is 10.6 Å². The second-order valence-electron chi connectivity index (χ2n) is 7.58. The topological polar surface area (TPSA) is 122 Å². The van der Waals surface area contributed by atoms with E-state index in [1.54, 1.807) is 6.20 Å². The first-order valence-corrected chi connectivity index (χ1v) is 11.8. The zero-order chi connectivity index (χ0) is 21.8. The molecule has 2 aromatic heterocycles. The summed E-state index contributed by atoms with van der Waals surface area (Å²) in [5.74, 6) is 3.66. The van der Waals surface area contributed by atoms with Crippen LogP contribution in [0.4, 0.5) is 17.5 Å². The van der Waals surface area contributed by atoms with Crippen LogP contribution in [0.5, 0.6) is 0 Å². The maximum absolute atomic E-state index is 11.4. The van der Waals surface area contributed by atoms with Crippen molar-refractivity contribution in [2.75, 3.05) is 16.9 Å². The molecule has 1 fully saturated rings. The van der Waals surface area contributed by atoms with Crippen LogP contribution in [0.3, 0.4) is 0 Å². The van der Waals surface area contributed by atoms with E-state index in [4.69, 9.17) is 6.42 Å². The molecule has 3 aromatic rings. The highest BCUT2D eigenvalue weighted by Gasteiger charge is 2.23. The number of nitrogens with one attached hydrogen (secondary N) is 3. The van der Waals surface area contributed by atoms with Crippen molar-refractivity contribution in [1.82, 2.24) is 24.7 Å². The van der Waals surface area contributed by atoms with Gasteiger partial charge in [0.1, 0.15) is 17.4 Å². The molecule has 0 saturated heterocycles. The Labute approximate surface area is 181 Å². The van der Waals surface area contributed by atoms with Crippen molar-refractivity contribution < 1.29 is 8.42 Å². The third kappa shape index (κ3) is 5.45. The van der Waals surface area contributed by atoms with Crippen LogP contribution >= 0.6 is 0 Å². The molecule has 0 spiro atoms. The Morgan fingerprint density at radius 3 is 2.61 bits per heavy atom. The molecular formula is C21H23N7O2S. The summed E-state index contributed by atoms with van der Waals surface area (Å²) >= 11 is 0. The monoisotopic (exact) mass is 437 g/mol. The van der Waals surface area contributed by atoms with Gasteiger partial charge in [0.25, 0.3) is 0 Å². The number of nitrogens with zero attached hydrogens (tertiary/aromatic N) is 4. The summed E-state index contributed by atoms with van der Waals surface area (Å²) in [6.07, 6.45) is 13.0. The Bertz CT molecular complexity index is 1230. The Hall–Kier alpha value is -3.29. The van der Waals surface area contributed by atoms with Crippen molar-refractivity contribution in [3.05, 3.63) is 42.4 Å². The maximum Gasteiger partial charge on any atom is 0.223 e. The van der Waals surface area contributed by atoms with Crippen LogP contribution in [0.2, 0.25) is 0 Å². The number of sulfonamides is 1. The highest BCUT2D eigenvalue weighted by atomic mass is 32.2. The molecule has 0 amide bonds. The van der Waals surface area contributed by atoms with Gasteiger partial charge in [0, 0.05) is 23.3 Å². The van der Waals surface area contributed by atoms with E-state index < -0.39 is 10.0 Å². The van der Waals surface area contributed by atoms with Gasteiger partial charge in [0.15, 0.2) is 5.82 Å². The van der Waals surface area contributed by atoms with Crippen LogP contribution in [-0.2, 0) is 10.0 Å². The Kier molecular flexibility index (Phi) is 5.97. The lowest BCUT2D eigenvalue weighted by Gasteiger charge is -2.29. The number of fused-ring (bicyclic) bond motifs is 1. The summed E-state index contributed by atoms with van der Waals surface area (Å²) in [4.78, 5) is 17.6. The molecule has 160 valence electrons. The molecule has 31 heavy (non-hydrogen) atoms. The van der Waals surface area contributed by atoms with Crippen molar-refractivity contribution in [3.63, 3.8) is 0 Å². The highest BCUT2D eigenvalue weighted by molar-refractivity contribution is 7.88. The van der Waals surface area contributed by atoms with E-state index in [9.17, 15) is 8.42 Å². The lowest BCUT2D eigenvalue weighted by atomic mass is 9.92. The molecule has 1 aliphatic rings. The number of hydrogen-bond donors (Lipinski definition) is 3. The maximum atomic E-state index is 11.4.